The van der Waals surface area contributed by atoms with Crippen LogP contribution in [0.15, 0.2) is 12.3 Å². The lowest BCUT2D eigenvalue weighted by molar-refractivity contribution is 0.621. The van der Waals surface area contributed by atoms with E-state index in [-0.39, 0.29) is 6.71 Å². The fraction of sp³-hybridized carbons (Fsp3) is 0.500. The molecule has 3 aromatic heterocycles. The Hall–Kier alpha value is -1.85. The van der Waals surface area contributed by atoms with Crippen LogP contribution in [0.2, 0.25) is 12.6 Å². The minimum absolute atomic E-state index is 0.272. The number of anilines is 1. The predicted octanol–water partition coefficient (Wildman–Crippen LogP) is 4.09. The van der Waals surface area contributed by atoms with Crippen molar-refractivity contribution in [3.63, 3.8) is 0 Å². The molecule has 5 nitrogen and oxygen atoms in total. The molecule has 0 radical (unpaired) electrons. The second-order valence-electron chi connectivity index (χ2n) is 7.44. The lowest BCUT2D eigenvalue weighted by atomic mass is 9.42. The zero-order valence-corrected chi connectivity index (χ0v) is 16.4. The highest BCUT2D eigenvalue weighted by molar-refractivity contribution is 7.29. The van der Waals surface area contributed by atoms with Crippen LogP contribution in [0, 0.1) is 11.2 Å². The Morgan fingerprint density at radius 1 is 1.31 bits per heavy atom. The molecule has 2 aliphatic heterocycles. The molecule has 3 aromatic rings. The monoisotopic (exact) mass is 381 g/mol. The first-order chi connectivity index (χ1) is 12.7. The van der Waals surface area contributed by atoms with E-state index in [4.69, 9.17) is 10.2 Å². The van der Waals surface area contributed by atoms with Gasteiger partial charge in [-0.25, -0.2) is 10.2 Å². The molecule has 0 atom stereocenters. The van der Waals surface area contributed by atoms with Crippen molar-refractivity contribution in [3.8, 4) is 5.97 Å². The summed E-state index contributed by atoms with van der Waals surface area (Å²) >= 11 is 3.68. The third-order valence-corrected chi connectivity index (χ3v) is 8.04. The highest BCUT2D eigenvalue weighted by Crippen LogP contribution is 2.42. The van der Waals surface area contributed by atoms with Crippen molar-refractivity contribution < 1.29 is 0 Å². The molecule has 0 aliphatic carbocycles. The number of hydrogen-bond donors (Lipinski definition) is 0. The minimum atomic E-state index is 0.272. The molecule has 1 fully saturated rings. The molecule has 0 aromatic carbocycles. The van der Waals surface area contributed by atoms with Crippen LogP contribution in [0.4, 0.5) is 5.13 Å². The number of fused-ring (bicyclic) bond motifs is 2. The molecule has 5 heterocycles. The van der Waals surface area contributed by atoms with Gasteiger partial charge in [0, 0.05) is 49.2 Å². The molecule has 1 saturated heterocycles. The van der Waals surface area contributed by atoms with Crippen molar-refractivity contribution in [2.75, 3.05) is 11.4 Å². The Bertz CT molecular complexity index is 958. The number of nitriles is 1. The van der Waals surface area contributed by atoms with E-state index in [2.05, 4.69) is 28.2 Å². The minimum Gasteiger partial charge on any atom is -0.343 e. The Labute approximate surface area is 161 Å². The average molecular weight is 381 g/mol. The number of hydrogen-bond acceptors (Lipinski definition) is 6. The fourth-order valence-electron chi connectivity index (χ4n) is 4.20. The molecular weight excluding hydrogens is 361 g/mol. The molecular formula is C18H20BN5S2. The smallest absolute Gasteiger partial charge is 0.267 e. The van der Waals surface area contributed by atoms with Crippen molar-refractivity contribution in [2.24, 2.45) is 7.05 Å². The van der Waals surface area contributed by atoms with Crippen LogP contribution >= 0.6 is 22.7 Å². The predicted molar refractivity (Wildman–Crippen MR) is 108 cm³/mol. The summed E-state index contributed by atoms with van der Waals surface area (Å²) in [5.41, 5.74) is 2.56. The molecule has 0 spiro atoms. The van der Waals surface area contributed by atoms with Crippen LogP contribution in [0.1, 0.15) is 34.9 Å². The van der Waals surface area contributed by atoms with E-state index >= 15 is 0 Å². The summed E-state index contributed by atoms with van der Waals surface area (Å²) in [6.45, 7) is 2.18. The van der Waals surface area contributed by atoms with Crippen molar-refractivity contribution in [3.05, 3.63) is 28.4 Å². The lowest BCUT2D eigenvalue weighted by Gasteiger charge is -2.25. The Morgan fingerprint density at radius 2 is 2.15 bits per heavy atom. The van der Waals surface area contributed by atoms with Crippen LogP contribution in [0.5, 0.6) is 0 Å². The van der Waals surface area contributed by atoms with Crippen LogP contribution in [0.3, 0.4) is 0 Å². The summed E-state index contributed by atoms with van der Waals surface area (Å²) < 4.78 is 3.24. The molecule has 5 rings (SSSR count). The third kappa shape index (κ3) is 2.83. The summed E-state index contributed by atoms with van der Waals surface area (Å²) in [5.74, 6) is 3.06. The first-order valence-corrected chi connectivity index (χ1v) is 10.9. The number of thiophene rings is 1. The van der Waals surface area contributed by atoms with E-state index in [0.717, 1.165) is 50.1 Å². The van der Waals surface area contributed by atoms with E-state index < -0.39 is 0 Å². The topological polar surface area (TPSA) is 57.7 Å². The van der Waals surface area contributed by atoms with Crippen molar-refractivity contribution in [2.45, 2.75) is 44.4 Å². The first-order valence-electron chi connectivity index (χ1n) is 9.26. The highest BCUT2D eigenvalue weighted by atomic mass is 32.1. The quantitative estimate of drug-likeness (QED) is 0.628. The molecule has 132 valence electrons. The van der Waals surface area contributed by atoms with Gasteiger partial charge in [0.1, 0.15) is 4.83 Å². The van der Waals surface area contributed by atoms with E-state index in [1.54, 1.807) is 0 Å². The summed E-state index contributed by atoms with van der Waals surface area (Å²) in [6, 6.07) is 2.36. The molecule has 0 N–H and O–H groups in total. The van der Waals surface area contributed by atoms with E-state index in [0.29, 0.717) is 5.92 Å². The standard InChI is InChI=1S/C18H20BN5S2/c1-23-9-13-10-24(7-4-14(13)22-23)18-21-17-16(26-18)8-15(25-17)12-2-5-19(11-20)6-3-12/h8-9,12H,2-7,10H2,1H3. The second-order valence-corrected chi connectivity index (χ2v) is 9.51. The molecule has 0 unspecified atom stereocenters. The summed E-state index contributed by atoms with van der Waals surface area (Å²) in [6.07, 6.45) is 7.52. The van der Waals surface area contributed by atoms with Gasteiger partial charge in [-0.2, -0.15) is 5.10 Å². The number of rotatable bonds is 2. The Kier molecular flexibility index (Phi) is 4.02. The summed E-state index contributed by atoms with van der Waals surface area (Å²) in [5, 5.41) is 14.8. The largest absolute Gasteiger partial charge is 0.343 e. The van der Waals surface area contributed by atoms with Gasteiger partial charge in [0.05, 0.1) is 10.4 Å². The highest BCUT2D eigenvalue weighted by Gasteiger charge is 2.27. The van der Waals surface area contributed by atoms with Crippen molar-refractivity contribution >= 4 is 44.0 Å². The second kappa shape index (κ2) is 6.40. The maximum absolute atomic E-state index is 9.08. The van der Waals surface area contributed by atoms with E-state index in [1.165, 1.54) is 25.7 Å². The van der Waals surface area contributed by atoms with Crippen molar-refractivity contribution in [1.82, 2.24) is 14.8 Å². The lowest BCUT2D eigenvalue weighted by Crippen LogP contribution is -2.29. The number of nitrogens with zero attached hydrogens (tertiary/aromatic N) is 5. The average Bonchev–Trinajstić information content (AvgIpc) is 3.32. The van der Waals surface area contributed by atoms with Gasteiger partial charge >= 0.3 is 0 Å². The third-order valence-electron chi connectivity index (χ3n) is 5.65. The molecule has 26 heavy (non-hydrogen) atoms. The van der Waals surface area contributed by atoms with E-state index in [1.807, 2.05) is 34.4 Å². The van der Waals surface area contributed by atoms with Crippen LogP contribution < -0.4 is 4.90 Å². The maximum Gasteiger partial charge on any atom is 0.267 e. The maximum atomic E-state index is 9.08. The molecule has 0 bridgehead atoms. The Morgan fingerprint density at radius 3 is 2.92 bits per heavy atom. The van der Waals surface area contributed by atoms with Gasteiger partial charge in [-0.1, -0.05) is 36.8 Å². The zero-order valence-electron chi connectivity index (χ0n) is 14.8. The van der Waals surface area contributed by atoms with Gasteiger partial charge in [-0.05, 0) is 12.0 Å². The van der Waals surface area contributed by atoms with Gasteiger partial charge in [0.2, 0.25) is 0 Å². The first kappa shape index (κ1) is 16.3. The van der Waals surface area contributed by atoms with Crippen LogP contribution in [-0.4, -0.2) is 28.0 Å². The summed E-state index contributed by atoms with van der Waals surface area (Å²) in [4.78, 5) is 9.98. The normalized spacial score (nSPS) is 18.3. The van der Waals surface area contributed by atoms with Gasteiger partial charge in [-0.15, -0.1) is 11.3 Å². The molecule has 0 amide bonds. The number of thiazole rings is 1. The van der Waals surface area contributed by atoms with Gasteiger partial charge in [0.25, 0.3) is 6.71 Å². The summed E-state index contributed by atoms with van der Waals surface area (Å²) in [7, 11) is 1.99. The van der Waals surface area contributed by atoms with Crippen LogP contribution in [-0.2, 0) is 20.0 Å². The fourth-order valence-corrected chi connectivity index (χ4v) is 6.61. The van der Waals surface area contributed by atoms with Gasteiger partial charge in [-0.3, -0.25) is 4.68 Å². The zero-order chi connectivity index (χ0) is 17.7. The molecule has 0 saturated carbocycles. The molecule has 8 heteroatoms. The van der Waals surface area contributed by atoms with Crippen molar-refractivity contribution in [1.29, 1.82) is 5.26 Å². The number of aryl methyl sites for hydroxylation is 1. The SMILES string of the molecule is Cn1cc2c(n1)CCN(c1nc3sc(C4CCB(C#N)CC4)cc3s1)C2. The van der Waals surface area contributed by atoms with Crippen LogP contribution in [0.25, 0.3) is 9.53 Å². The van der Waals surface area contributed by atoms with E-state index in [9.17, 15) is 0 Å². The molecule has 2 aliphatic rings. The number of aromatic nitrogens is 3. The van der Waals surface area contributed by atoms with Gasteiger partial charge in [0.15, 0.2) is 5.13 Å². The Balaban J connectivity index is 1.34. The van der Waals surface area contributed by atoms with Gasteiger partial charge < -0.3 is 4.90 Å².